The zero-order valence-corrected chi connectivity index (χ0v) is 12.1. The van der Waals surface area contributed by atoms with E-state index in [-0.39, 0.29) is 11.0 Å². The second-order valence-corrected chi connectivity index (χ2v) is 6.99. The lowest BCUT2D eigenvalue weighted by Crippen LogP contribution is -2.29. The van der Waals surface area contributed by atoms with Crippen molar-refractivity contribution in [3.63, 3.8) is 0 Å². The number of aliphatic hydroxyl groups is 1. The summed E-state index contributed by atoms with van der Waals surface area (Å²) in [6.07, 6.45) is -0.784. The van der Waals surface area contributed by atoms with E-state index in [1.807, 2.05) is 11.8 Å². The van der Waals surface area contributed by atoms with Crippen LogP contribution < -0.4 is 4.74 Å². The van der Waals surface area contributed by atoms with Crippen LogP contribution in [0.2, 0.25) is 0 Å². The first-order valence-electron chi connectivity index (χ1n) is 5.89. The van der Waals surface area contributed by atoms with Gasteiger partial charge < -0.3 is 9.84 Å². The highest BCUT2D eigenvalue weighted by molar-refractivity contribution is 8.07. The van der Waals surface area contributed by atoms with Gasteiger partial charge in [-0.05, 0) is 6.07 Å². The van der Waals surface area contributed by atoms with Gasteiger partial charge in [0.15, 0.2) is 11.6 Å². The molecule has 100 valence electrons. The number of hydrogen-bond donors (Lipinski definition) is 1. The van der Waals surface area contributed by atoms with Crippen LogP contribution in [-0.4, -0.2) is 34.2 Å². The second kappa shape index (κ2) is 6.17. The summed E-state index contributed by atoms with van der Waals surface area (Å²) in [5.74, 6) is 1.83. The molecule has 5 heteroatoms. The molecule has 18 heavy (non-hydrogen) atoms. The summed E-state index contributed by atoms with van der Waals surface area (Å²) in [7, 11) is 1.43. The largest absolute Gasteiger partial charge is 0.494 e. The molecule has 1 aliphatic heterocycles. The summed E-state index contributed by atoms with van der Waals surface area (Å²) in [6.45, 7) is 2.09. The summed E-state index contributed by atoms with van der Waals surface area (Å²) in [4.78, 5) is 0. The minimum atomic E-state index is -0.784. The van der Waals surface area contributed by atoms with Gasteiger partial charge >= 0.3 is 0 Å². The van der Waals surface area contributed by atoms with Crippen LogP contribution in [0.5, 0.6) is 5.75 Å². The Labute approximate surface area is 115 Å². The fourth-order valence-corrected chi connectivity index (χ4v) is 4.91. The first-order chi connectivity index (χ1) is 8.65. The van der Waals surface area contributed by atoms with Gasteiger partial charge in [0.2, 0.25) is 0 Å². The molecule has 3 atom stereocenters. The maximum Gasteiger partial charge on any atom is 0.170 e. The van der Waals surface area contributed by atoms with Crippen LogP contribution in [0.3, 0.4) is 0 Å². The van der Waals surface area contributed by atoms with E-state index in [2.05, 4.69) is 6.92 Å². The molecule has 1 aliphatic rings. The van der Waals surface area contributed by atoms with Crippen LogP contribution in [0.15, 0.2) is 18.2 Å². The minimum absolute atomic E-state index is 0.0327. The van der Waals surface area contributed by atoms with E-state index in [1.54, 1.807) is 30.0 Å². The number of methoxy groups -OCH3 is 1. The highest BCUT2D eigenvalue weighted by Crippen LogP contribution is 2.40. The molecule has 2 nitrogen and oxygen atoms in total. The van der Waals surface area contributed by atoms with Gasteiger partial charge in [-0.1, -0.05) is 19.1 Å². The van der Waals surface area contributed by atoms with Gasteiger partial charge in [-0.15, -0.1) is 0 Å². The quantitative estimate of drug-likeness (QED) is 0.925. The van der Waals surface area contributed by atoms with E-state index in [9.17, 15) is 9.50 Å². The Morgan fingerprint density at radius 3 is 2.78 bits per heavy atom. The Balaban J connectivity index is 2.24. The lowest BCUT2D eigenvalue weighted by Gasteiger charge is -2.32. The van der Waals surface area contributed by atoms with E-state index in [0.29, 0.717) is 10.8 Å². The third-order valence-corrected chi connectivity index (χ3v) is 6.26. The molecule has 0 radical (unpaired) electrons. The van der Waals surface area contributed by atoms with Gasteiger partial charge in [0.05, 0.1) is 13.2 Å². The van der Waals surface area contributed by atoms with Crippen molar-refractivity contribution >= 4 is 23.5 Å². The molecule has 1 fully saturated rings. The fourth-order valence-electron chi connectivity index (χ4n) is 2.09. The van der Waals surface area contributed by atoms with Crippen molar-refractivity contribution in [3.8, 4) is 5.75 Å². The minimum Gasteiger partial charge on any atom is -0.494 e. The lowest BCUT2D eigenvalue weighted by molar-refractivity contribution is 0.168. The van der Waals surface area contributed by atoms with Crippen LogP contribution in [0.25, 0.3) is 0 Å². The van der Waals surface area contributed by atoms with Gasteiger partial charge in [0.1, 0.15) is 0 Å². The Morgan fingerprint density at radius 1 is 1.39 bits per heavy atom. The van der Waals surface area contributed by atoms with Crippen LogP contribution >= 0.6 is 23.5 Å². The summed E-state index contributed by atoms with van der Waals surface area (Å²) < 4.78 is 19.1. The Bertz CT molecular complexity index is 414. The van der Waals surface area contributed by atoms with Crippen molar-refractivity contribution in [2.45, 2.75) is 23.5 Å². The topological polar surface area (TPSA) is 29.5 Å². The molecule has 0 bridgehead atoms. The zero-order valence-electron chi connectivity index (χ0n) is 10.4. The Kier molecular flexibility index (Phi) is 4.81. The number of thioether (sulfide) groups is 2. The third-order valence-electron chi connectivity index (χ3n) is 3.08. The van der Waals surface area contributed by atoms with Gasteiger partial charge in [-0.25, -0.2) is 4.39 Å². The molecule has 1 aromatic rings. The maximum absolute atomic E-state index is 14.1. The first-order valence-corrected chi connectivity index (χ1v) is 7.98. The third kappa shape index (κ3) is 2.78. The second-order valence-electron chi connectivity index (χ2n) is 4.22. The first kappa shape index (κ1) is 14.0. The number of hydrogen-bond acceptors (Lipinski definition) is 4. The predicted molar refractivity (Wildman–Crippen MR) is 76.1 cm³/mol. The van der Waals surface area contributed by atoms with Crippen LogP contribution in [0.4, 0.5) is 4.39 Å². The Morgan fingerprint density at radius 2 is 2.11 bits per heavy atom. The van der Waals surface area contributed by atoms with Gasteiger partial charge in [-0.3, -0.25) is 0 Å². The molecule has 0 aliphatic carbocycles. The van der Waals surface area contributed by atoms with Crippen molar-refractivity contribution in [1.29, 1.82) is 0 Å². The highest BCUT2D eigenvalue weighted by atomic mass is 32.2. The molecule has 0 spiro atoms. The molecule has 1 aromatic carbocycles. The molecule has 1 N–H and O–H groups in total. The molecule has 2 rings (SSSR count). The lowest BCUT2D eigenvalue weighted by atomic mass is 10.0. The average molecular weight is 288 g/mol. The molecule has 0 aromatic heterocycles. The summed E-state index contributed by atoms with van der Waals surface area (Å²) >= 11 is 3.55. The van der Waals surface area contributed by atoms with Gasteiger partial charge in [-0.2, -0.15) is 23.5 Å². The molecule has 1 heterocycles. The molecular weight excluding hydrogens is 271 g/mol. The molecule has 1 saturated heterocycles. The van der Waals surface area contributed by atoms with Gasteiger partial charge in [0.25, 0.3) is 0 Å². The van der Waals surface area contributed by atoms with Crippen molar-refractivity contribution in [1.82, 2.24) is 0 Å². The fraction of sp³-hybridized carbons (Fsp3) is 0.538. The summed E-state index contributed by atoms with van der Waals surface area (Å²) in [6, 6.07) is 4.92. The molecule has 0 amide bonds. The van der Waals surface area contributed by atoms with Crippen molar-refractivity contribution < 1.29 is 14.2 Å². The zero-order chi connectivity index (χ0) is 13.1. The number of benzene rings is 1. The van der Waals surface area contributed by atoms with E-state index in [4.69, 9.17) is 4.74 Å². The van der Waals surface area contributed by atoms with Crippen LogP contribution in [0.1, 0.15) is 18.6 Å². The molecule has 3 unspecified atom stereocenters. The van der Waals surface area contributed by atoms with Crippen molar-refractivity contribution in [2.24, 2.45) is 0 Å². The van der Waals surface area contributed by atoms with E-state index in [0.717, 1.165) is 11.5 Å². The smallest absolute Gasteiger partial charge is 0.170 e. The molecule has 0 saturated carbocycles. The van der Waals surface area contributed by atoms with Crippen LogP contribution in [-0.2, 0) is 0 Å². The standard InChI is InChI=1S/C13H17FO2S2/c1-8-13(18-7-6-17-8)12(15)9-4-3-5-10(16-2)11(9)14/h3-5,8,12-13,15H,6-7H2,1-2H3. The Hall–Kier alpha value is -0.390. The highest BCUT2D eigenvalue weighted by Gasteiger charge is 2.32. The van der Waals surface area contributed by atoms with E-state index >= 15 is 0 Å². The normalized spacial score (nSPS) is 25.8. The monoisotopic (exact) mass is 288 g/mol. The van der Waals surface area contributed by atoms with Gasteiger partial charge in [0, 0.05) is 27.6 Å². The summed E-state index contributed by atoms with van der Waals surface area (Å²) in [5, 5.41) is 10.7. The van der Waals surface area contributed by atoms with Crippen molar-refractivity contribution in [2.75, 3.05) is 18.6 Å². The van der Waals surface area contributed by atoms with E-state index in [1.165, 1.54) is 7.11 Å². The SMILES string of the molecule is COc1cccc(C(O)C2SCCSC2C)c1F. The number of halogens is 1. The predicted octanol–water partition coefficient (Wildman–Crippen LogP) is 3.10. The number of ether oxygens (including phenoxy) is 1. The molecular formula is C13H17FO2S2. The van der Waals surface area contributed by atoms with Crippen LogP contribution in [0, 0.1) is 5.82 Å². The van der Waals surface area contributed by atoms with E-state index < -0.39 is 11.9 Å². The maximum atomic E-state index is 14.1. The number of rotatable bonds is 3. The average Bonchev–Trinajstić information content (AvgIpc) is 2.39. The summed E-state index contributed by atoms with van der Waals surface area (Å²) in [5.41, 5.74) is 0.334. The number of aliphatic hydroxyl groups excluding tert-OH is 1. The van der Waals surface area contributed by atoms with Crippen molar-refractivity contribution in [3.05, 3.63) is 29.6 Å².